The van der Waals surface area contributed by atoms with Crippen molar-refractivity contribution in [2.75, 3.05) is 32.7 Å². The standard InChI is InChI=1S/C20H29N7O/c1-3-26-8-10-27(11-9-26)20(22)25-18(21)19(28)24-14(2)12-15-13-23-17-7-5-4-6-16(15)17/h4-7,13-14,23H,3,8-12H2,1-2H3,(H,24,28)(H3,21,22,25). The molecule has 28 heavy (non-hydrogen) atoms. The van der Waals surface area contributed by atoms with Gasteiger partial charge in [-0.3, -0.25) is 15.6 Å². The zero-order valence-electron chi connectivity index (χ0n) is 16.5. The molecule has 1 aromatic carbocycles. The summed E-state index contributed by atoms with van der Waals surface area (Å²) in [5.74, 6) is -0.682. The molecule has 0 saturated carbocycles. The Morgan fingerprint density at radius 1 is 1.21 bits per heavy atom. The van der Waals surface area contributed by atoms with E-state index in [0.717, 1.165) is 49.2 Å². The van der Waals surface area contributed by atoms with Gasteiger partial charge in [-0.15, -0.1) is 0 Å². The molecule has 1 saturated heterocycles. The number of hydrogen-bond donors (Lipinski definition) is 5. The minimum Gasteiger partial charge on any atom is -0.361 e. The number of aromatic amines is 1. The van der Waals surface area contributed by atoms with Crippen LogP contribution in [0.15, 0.2) is 30.5 Å². The first-order valence-corrected chi connectivity index (χ1v) is 9.75. The molecule has 150 valence electrons. The molecule has 1 aliphatic heterocycles. The summed E-state index contributed by atoms with van der Waals surface area (Å²) in [6, 6.07) is 7.93. The summed E-state index contributed by atoms with van der Waals surface area (Å²) in [4.78, 5) is 19.7. The topological polar surface area (TPSA) is 111 Å². The van der Waals surface area contributed by atoms with Gasteiger partial charge in [0.1, 0.15) is 0 Å². The van der Waals surface area contributed by atoms with Gasteiger partial charge in [0.2, 0.25) is 0 Å². The van der Waals surface area contributed by atoms with Gasteiger partial charge in [-0.2, -0.15) is 0 Å². The van der Waals surface area contributed by atoms with Gasteiger partial charge < -0.3 is 25.4 Å². The van der Waals surface area contributed by atoms with Crippen LogP contribution in [0.5, 0.6) is 0 Å². The fourth-order valence-electron chi connectivity index (χ4n) is 3.52. The van der Waals surface area contributed by atoms with E-state index in [1.54, 1.807) is 0 Å². The van der Waals surface area contributed by atoms with Gasteiger partial charge >= 0.3 is 0 Å². The predicted octanol–water partition coefficient (Wildman–Crippen LogP) is 1.35. The Labute approximate surface area is 165 Å². The third-order valence-corrected chi connectivity index (χ3v) is 5.18. The summed E-state index contributed by atoms with van der Waals surface area (Å²) in [6.07, 6.45) is 2.63. The van der Waals surface area contributed by atoms with Crippen molar-refractivity contribution in [2.24, 2.45) is 0 Å². The Kier molecular flexibility index (Phi) is 6.30. The number of nitrogens with one attached hydrogen (secondary N) is 5. The van der Waals surface area contributed by atoms with E-state index in [-0.39, 0.29) is 17.8 Å². The van der Waals surface area contributed by atoms with E-state index in [2.05, 4.69) is 33.5 Å². The van der Waals surface area contributed by atoms with Crippen LogP contribution >= 0.6 is 0 Å². The van der Waals surface area contributed by atoms with Crippen molar-refractivity contribution in [1.82, 2.24) is 25.4 Å². The van der Waals surface area contributed by atoms with E-state index in [9.17, 15) is 4.79 Å². The summed E-state index contributed by atoms with van der Waals surface area (Å²) in [5, 5.41) is 22.7. The number of aromatic nitrogens is 1. The van der Waals surface area contributed by atoms with Crippen molar-refractivity contribution in [3.63, 3.8) is 0 Å². The quantitative estimate of drug-likeness (QED) is 0.405. The highest BCUT2D eigenvalue weighted by Crippen LogP contribution is 2.18. The summed E-state index contributed by atoms with van der Waals surface area (Å²) < 4.78 is 0. The molecule has 1 aliphatic rings. The summed E-state index contributed by atoms with van der Waals surface area (Å²) in [6.45, 7) is 8.28. The second kappa shape index (κ2) is 8.88. The van der Waals surface area contributed by atoms with Gasteiger partial charge in [0, 0.05) is 49.3 Å². The zero-order valence-corrected chi connectivity index (χ0v) is 16.5. The molecular formula is C20H29N7O. The van der Waals surface area contributed by atoms with Crippen molar-refractivity contribution < 1.29 is 4.79 Å². The van der Waals surface area contributed by atoms with E-state index < -0.39 is 5.91 Å². The van der Waals surface area contributed by atoms with Crippen LogP contribution in [0, 0.1) is 10.8 Å². The molecule has 0 bridgehead atoms. The number of guanidine groups is 1. The van der Waals surface area contributed by atoms with Crippen LogP contribution in [0.25, 0.3) is 10.9 Å². The van der Waals surface area contributed by atoms with E-state index in [1.165, 1.54) is 0 Å². The lowest BCUT2D eigenvalue weighted by molar-refractivity contribution is -0.115. The number of fused-ring (bicyclic) bond motifs is 1. The first-order valence-electron chi connectivity index (χ1n) is 9.75. The van der Waals surface area contributed by atoms with Gasteiger partial charge in [0.05, 0.1) is 0 Å². The molecule has 3 rings (SSSR count). The van der Waals surface area contributed by atoms with E-state index in [4.69, 9.17) is 10.8 Å². The first-order chi connectivity index (χ1) is 13.5. The monoisotopic (exact) mass is 383 g/mol. The summed E-state index contributed by atoms with van der Waals surface area (Å²) >= 11 is 0. The molecule has 1 unspecified atom stereocenters. The molecular weight excluding hydrogens is 354 g/mol. The van der Waals surface area contributed by atoms with Crippen LogP contribution in [0.3, 0.4) is 0 Å². The molecule has 1 aromatic heterocycles. The SMILES string of the molecule is CCN1CCN(C(=N)NC(=N)C(=O)NC(C)Cc2c[nH]c3ccccc23)CC1. The molecule has 2 aromatic rings. The van der Waals surface area contributed by atoms with Gasteiger partial charge in [-0.05, 0) is 31.5 Å². The van der Waals surface area contributed by atoms with Crippen LogP contribution in [0.1, 0.15) is 19.4 Å². The van der Waals surface area contributed by atoms with Crippen molar-refractivity contribution in [1.29, 1.82) is 10.8 Å². The molecule has 1 atom stereocenters. The third kappa shape index (κ3) is 4.69. The minimum absolute atomic E-state index is 0.111. The highest BCUT2D eigenvalue weighted by molar-refractivity contribution is 6.39. The number of para-hydroxylation sites is 1. The van der Waals surface area contributed by atoms with E-state index in [0.29, 0.717) is 6.42 Å². The number of benzene rings is 1. The first kappa shape index (κ1) is 19.9. The fraction of sp³-hybridized carbons (Fsp3) is 0.450. The van der Waals surface area contributed by atoms with Crippen LogP contribution in [-0.2, 0) is 11.2 Å². The van der Waals surface area contributed by atoms with Crippen molar-refractivity contribution >= 4 is 28.6 Å². The van der Waals surface area contributed by atoms with Crippen LogP contribution < -0.4 is 10.6 Å². The van der Waals surface area contributed by atoms with Gasteiger partial charge in [0.15, 0.2) is 11.8 Å². The molecule has 1 amide bonds. The predicted molar refractivity (Wildman–Crippen MR) is 112 cm³/mol. The summed E-state index contributed by atoms with van der Waals surface area (Å²) in [7, 11) is 0. The molecule has 8 nitrogen and oxygen atoms in total. The third-order valence-electron chi connectivity index (χ3n) is 5.18. The van der Waals surface area contributed by atoms with Gasteiger partial charge in [0.25, 0.3) is 5.91 Å². The van der Waals surface area contributed by atoms with Crippen LogP contribution in [0.4, 0.5) is 0 Å². The largest absolute Gasteiger partial charge is 0.361 e. The highest BCUT2D eigenvalue weighted by atomic mass is 16.2. The number of nitrogens with zero attached hydrogens (tertiary/aromatic N) is 2. The van der Waals surface area contributed by atoms with E-state index in [1.807, 2.05) is 36.2 Å². The summed E-state index contributed by atoms with van der Waals surface area (Å²) in [5.41, 5.74) is 2.20. The van der Waals surface area contributed by atoms with Crippen LogP contribution in [0.2, 0.25) is 0 Å². The van der Waals surface area contributed by atoms with Gasteiger partial charge in [-0.1, -0.05) is 25.1 Å². The Morgan fingerprint density at radius 3 is 2.64 bits per heavy atom. The van der Waals surface area contributed by atoms with Crippen molar-refractivity contribution in [3.8, 4) is 0 Å². The second-order valence-corrected chi connectivity index (χ2v) is 7.21. The number of amides is 1. The maximum Gasteiger partial charge on any atom is 0.286 e. The van der Waals surface area contributed by atoms with Crippen LogP contribution in [-0.4, -0.2) is 71.3 Å². The Hall–Kier alpha value is -2.87. The number of H-pyrrole nitrogens is 1. The second-order valence-electron chi connectivity index (χ2n) is 7.21. The lowest BCUT2D eigenvalue weighted by Gasteiger charge is -2.35. The fourth-order valence-corrected chi connectivity index (χ4v) is 3.52. The van der Waals surface area contributed by atoms with E-state index >= 15 is 0 Å². The number of carbonyl (C=O) groups excluding carboxylic acids is 1. The molecule has 1 fully saturated rings. The van der Waals surface area contributed by atoms with Crippen molar-refractivity contribution in [2.45, 2.75) is 26.3 Å². The Bertz CT molecular complexity index is 851. The molecule has 5 N–H and O–H groups in total. The molecule has 0 radical (unpaired) electrons. The lowest BCUT2D eigenvalue weighted by atomic mass is 10.1. The maximum absolute atomic E-state index is 12.3. The number of hydrogen-bond acceptors (Lipinski definition) is 4. The highest BCUT2D eigenvalue weighted by Gasteiger charge is 2.21. The molecule has 8 heteroatoms. The van der Waals surface area contributed by atoms with Crippen molar-refractivity contribution in [3.05, 3.63) is 36.0 Å². The average Bonchev–Trinajstić information content (AvgIpc) is 3.10. The smallest absolute Gasteiger partial charge is 0.286 e. The Balaban J connectivity index is 1.48. The number of likely N-dealkylation sites (N-methyl/N-ethyl adjacent to an activating group) is 1. The zero-order chi connectivity index (χ0) is 20.1. The Morgan fingerprint density at radius 2 is 1.93 bits per heavy atom. The molecule has 0 aliphatic carbocycles. The number of carbonyl (C=O) groups is 1. The maximum atomic E-state index is 12.3. The molecule has 0 spiro atoms. The lowest BCUT2D eigenvalue weighted by Crippen LogP contribution is -2.55. The van der Waals surface area contributed by atoms with Gasteiger partial charge in [-0.25, -0.2) is 0 Å². The minimum atomic E-state index is -0.496. The normalized spacial score (nSPS) is 16.0. The molecule has 2 heterocycles. The number of piperazine rings is 1. The number of amidine groups is 1. The average molecular weight is 384 g/mol. The number of rotatable bonds is 4.